The molecule has 21 heavy (non-hydrogen) atoms. The van der Waals surface area contributed by atoms with Crippen LogP contribution in [0.15, 0.2) is 40.9 Å². The average Bonchev–Trinajstić information content (AvgIpc) is 2.40. The Morgan fingerprint density at radius 3 is 2.43 bits per heavy atom. The van der Waals surface area contributed by atoms with Crippen molar-refractivity contribution in [2.45, 2.75) is 6.18 Å². The van der Waals surface area contributed by atoms with E-state index in [-0.39, 0.29) is 5.75 Å². The van der Waals surface area contributed by atoms with E-state index in [0.717, 1.165) is 18.2 Å². The summed E-state index contributed by atoms with van der Waals surface area (Å²) in [6.07, 6.45) is -4.58. The highest BCUT2D eigenvalue weighted by Crippen LogP contribution is 2.36. The summed E-state index contributed by atoms with van der Waals surface area (Å²) in [5, 5.41) is 9.32. The third-order valence-electron chi connectivity index (χ3n) is 2.54. The molecule has 0 amide bonds. The minimum absolute atomic E-state index is 0.127. The Morgan fingerprint density at radius 2 is 1.86 bits per heavy atom. The summed E-state index contributed by atoms with van der Waals surface area (Å²) >= 11 is 9.02. The van der Waals surface area contributed by atoms with Crippen LogP contribution in [0.1, 0.15) is 11.1 Å². The average molecular weight is 377 g/mol. The SMILES string of the molecule is N#Cc1cc(Oc2ccc(Cl)cc2Br)ccc1C(F)(F)F. The van der Waals surface area contributed by atoms with Crippen LogP contribution in [0.25, 0.3) is 0 Å². The van der Waals surface area contributed by atoms with Gasteiger partial charge in [-0.1, -0.05) is 11.6 Å². The molecule has 0 N–H and O–H groups in total. The fraction of sp³-hybridized carbons (Fsp3) is 0.0714. The van der Waals surface area contributed by atoms with Gasteiger partial charge in [0.1, 0.15) is 11.5 Å². The van der Waals surface area contributed by atoms with Gasteiger partial charge in [-0.3, -0.25) is 0 Å². The summed E-state index contributed by atoms with van der Waals surface area (Å²) < 4.78 is 44.1. The Bertz CT molecular complexity index is 725. The molecule has 2 aromatic rings. The lowest BCUT2D eigenvalue weighted by Crippen LogP contribution is -2.07. The molecule has 0 heterocycles. The largest absolute Gasteiger partial charge is 0.456 e. The number of alkyl halides is 3. The molecule has 0 spiro atoms. The summed E-state index contributed by atoms with van der Waals surface area (Å²) in [6.45, 7) is 0. The van der Waals surface area contributed by atoms with Crippen molar-refractivity contribution in [2.75, 3.05) is 0 Å². The van der Waals surface area contributed by atoms with Crippen LogP contribution in [0, 0.1) is 11.3 Å². The van der Waals surface area contributed by atoms with Gasteiger partial charge >= 0.3 is 6.18 Å². The zero-order chi connectivity index (χ0) is 15.6. The highest BCUT2D eigenvalue weighted by molar-refractivity contribution is 9.10. The molecule has 0 fully saturated rings. The van der Waals surface area contributed by atoms with Crippen molar-refractivity contribution in [3.8, 4) is 17.6 Å². The van der Waals surface area contributed by atoms with E-state index in [2.05, 4.69) is 15.9 Å². The fourth-order valence-corrected chi connectivity index (χ4v) is 2.38. The van der Waals surface area contributed by atoms with Gasteiger partial charge in [0.15, 0.2) is 0 Å². The third-order valence-corrected chi connectivity index (χ3v) is 3.39. The summed E-state index contributed by atoms with van der Waals surface area (Å²) in [5.41, 5.74) is -1.49. The smallest absolute Gasteiger partial charge is 0.417 e. The summed E-state index contributed by atoms with van der Waals surface area (Å²) in [4.78, 5) is 0. The quantitative estimate of drug-likeness (QED) is 0.665. The molecule has 108 valence electrons. The van der Waals surface area contributed by atoms with Crippen LogP contribution < -0.4 is 4.74 Å². The van der Waals surface area contributed by atoms with Gasteiger partial charge in [-0.05, 0) is 52.3 Å². The van der Waals surface area contributed by atoms with Gasteiger partial charge in [0, 0.05) is 5.02 Å². The molecule has 0 aliphatic carbocycles. The molecule has 0 saturated heterocycles. The maximum absolute atomic E-state index is 12.7. The van der Waals surface area contributed by atoms with Crippen molar-refractivity contribution in [1.82, 2.24) is 0 Å². The van der Waals surface area contributed by atoms with E-state index in [1.807, 2.05) is 0 Å². The summed E-state index contributed by atoms with van der Waals surface area (Å²) in [7, 11) is 0. The first-order chi connectivity index (χ1) is 9.81. The summed E-state index contributed by atoms with van der Waals surface area (Å²) in [6, 6.07) is 9.27. The van der Waals surface area contributed by atoms with Crippen LogP contribution in [-0.4, -0.2) is 0 Å². The topological polar surface area (TPSA) is 33.0 Å². The molecule has 7 heteroatoms. The van der Waals surface area contributed by atoms with E-state index in [1.165, 1.54) is 6.07 Å². The Balaban J connectivity index is 2.36. The standard InChI is InChI=1S/C14H6BrClF3NO/c15-12-6-9(16)1-4-13(12)21-10-2-3-11(14(17,18)19)8(5-10)7-20/h1-6H. The highest BCUT2D eigenvalue weighted by Gasteiger charge is 2.33. The third kappa shape index (κ3) is 3.69. The minimum Gasteiger partial charge on any atom is -0.456 e. The van der Waals surface area contributed by atoms with Crippen molar-refractivity contribution in [3.63, 3.8) is 0 Å². The maximum atomic E-state index is 12.7. The second-order valence-electron chi connectivity index (χ2n) is 3.99. The van der Waals surface area contributed by atoms with Crippen LogP contribution in [0.5, 0.6) is 11.5 Å². The predicted octanol–water partition coefficient (Wildman–Crippen LogP) is 5.79. The van der Waals surface area contributed by atoms with Crippen LogP contribution >= 0.6 is 27.5 Å². The van der Waals surface area contributed by atoms with Gasteiger partial charge in [0.05, 0.1) is 21.7 Å². The number of ether oxygens (including phenoxy) is 1. The number of nitriles is 1. The molecule has 0 radical (unpaired) electrons. The van der Waals surface area contributed by atoms with E-state index in [0.29, 0.717) is 15.2 Å². The van der Waals surface area contributed by atoms with Gasteiger partial charge in [-0.2, -0.15) is 18.4 Å². The monoisotopic (exact) mass is 375 g/mol. The van der Waals surface area contributed by atoms with Gasteiger partial charge in [0.2, 0.25) is 0 Å². The molecular weight excluding hydrogens is 371 g/mol. The maximum Gasteiger partial charge on any atom is 0.417 e. The first-order valence-corrected chi connectivity index (χ1v) is 6.72. The molecular formula is C14H6BrClF3NO. The van der Waals surface area contributed by atoms with Crippen molar-refractivity contribution >= 4 is 27.5 Å². The van der Waals surface area contributed by atoms with Gasteiger partial charge in [0.25, 0.3) is 0 Å². The number of hydrogen-bond donors (Lipinski definition) is 0. The molecule has 0 saturated carbocycles. The Labute approximate surface area is 131 Å². The van der Waals surface area contributed by atoms with Crippen LogP contribution in [-0.2, 0) is 6.18 Å². The van der Waals surface area contributed by atoms with Crippen molar-refractivity contribution in [1.29, 1.82) is 5.26 Å². The second kappa shape index (κ2) is 5.96. The predicted molar refractivity (Wildman–Crippen MR) is 75.4 cm³/mol. The Morgan fingerprint density at radius 1 is 1.14 bits per heavy atom. The molecule has 2 aromatic carbocycles. The van der Waals surface area contributed by atoms with Gasteiger partial charge < -0.3 is 4.74 Å². The van der Waals surface area contributed by atoms with Gasteiger partial charge in [-0.25, -0.2) is 0 Å². The number of hydrogen-bond acceptors (Lipinski definition) is 2. The second-order valence-corrected chi connectivity index (χ2v) is 5.28. The van der Waals surface area contributed by atoms with Crippen molar-refractivity contribution in [3.05, 3.63) is 57.0 Å². The first-order valence-electron chi connectivity index (χ1n) is 5.55. The zero-order valence-corrected chi connectivity index (χ0v) is 12.6. The molecule has 2 rings (SSSR count). The van der Waals surface area contributed by atoms with E-state index in [1.54, 1.807) is 18.2 Å². The first kappa shape index (κ1) is 15.7. The van der Waals surface area contributed by atoms with E-state index >= 15 is 0 Å². The highest BCUT2D eigenvalue weighted by atomic mass is 79.9. The van der Waals surface area contributed by atoms with Crippen molar-refractivity contribution < 1.29 is 17.9 Å². The molecule has 0 atom stereocenters. The van der Waals surface area contributed by atoms with Crippen LogP contribution in [0.3, 0.4) is 0 Å². The zero-order valence-electron chi connectivity index (χ0n) is 10.2. The minimum atomic E-state index is -4.58. The lowest BCUT2D eigenvalue weighted by molar-refractivity contribution is -0.137. The van der Waals surface area contributed by atoms with Gasteiger partial charge in [-0.15, -0.1) is 0 Å². The molecule has 0 aliphatic rings. The number of rotatable bonds is 2. The van der Waals surface area contributed by atoms with Crippen molar-refractivity contribution in [2.24, 2.45) is 0 Å². The number of nitrogens with zero attached hydrogens (tertiary/aromatic N) is 1. The lowest BCUT2D eigenvalue weighted by atomic mass is 10.1. The van der Waals surface area contributed by atoms with Crippen LogP contribution in [0.2, 0.25) is 5.02 Å². The number of benzene rings is 2. The van der Waals surface area contributed by atoms with E-state index in [4.69, 9.17) is 21.6 Å². The molecule has 0 aromatic heterocycles. The van der Waals surface area contributed by atoms with E-state index in [9.17, 15) is 13.2 Å². The molecule has 2 nitrogen and oxygen atoms in total. The van der Waals surface area contributed by atoms with Crippen LogP contribution in [0.4, 0.5) is 13.2 Å². The number of halogens is 5. The molecule has 0 unspecified atom stereocenters. The Kier molecular flexibility index (Phi) is 4.45. The normalized spacial score (nSPS) is 11.0. The molecule has 0 aliphatic heterocycles. The summed E-state index contributed by atoms with van der Waals surface area (Å²) in [5.74, 6) is 0.505. The lowest BCUT2D eigenvalue weighted by Gasteiger charge is -2.12. The Hall–Kier alpha value is -1.71. The van der Waals surface area contributed by atoms with E-state index < -0.39 is 17.3 Å². The fourth-order valence-electron chi connectivity index (χ4n) is 1.61. The molecule has 0 bridgehead atoms.